The molecule has 32 heavy (non-hydrogen) atoms. The molecule has 0 aromatic heterocycles. The SMILES string of the molecule is CC1(C)CNCC2(C)OCCOCCOCCOC(C)(CNCC(C)(C)NC2=O)C(=O)N1. The van der Waals surface area contributed by atoms with Crippen molar-refractivity contribution in [3.05, 3.63) is 0 Å². The monoisotopic (exact) mass is 458 g/mol. The summed E-state index contributed by atoms with van der Waals surface area (Å²) in [6.45, 7) is 14.7. The van der Waals surface area contributed by atoms with Gasteiger partial charge < -0.3 is 40.2 Å². The minimum atomic E-state index is -1.11. The third-order valence-corrected chi connectivity index (χ3v) is 5.59. The number of fused-ring (bicyclic) bond motifs is 19. The minimum absolute atomic E-state index is 0.209. The lowest BCUT2D eigenvalue weighted by Crippen LogP contribution is -2.65. The lowest BCUT2D eigenvalue weighted by Gasteiger charge is -2.39. The van der Waals surface area contributed by atoms with E-state index in [0.717, 1.165) is 0 Å². The highest BCUT2D eigenvalue weighted by molar-refractivity contribution is 5.86. The molecule has 2 amide bonds. The smallest absolute Gasteiger partial charge is 0.253 e. The Bertz CT molecular complexity index is 590. The number of ether oxygens (including phenoxy) is 4. The van der Waals surface area contributed by atoms with Gasteiger partial charge in [0.2, 0.25) is 0 Å². The third kappa shape index (κ3) is 8.24. The van der Waals surface area contributed by atoms with E-state index < -0.39 is 22.3 Å². The summed E-state index contributed by atoms with van der Waals surface area (Å²) >= 11 is 0. The van der Waals surface area contributed by atoms with E-state index in [1.807, 2.05) is 27.7 Å². The van der Waals surface area contributed by atoms with E-state index in [1.54, 1.807) is 13.8 Å². The first-order chi connectivity index (χ1) is 14.9. The van der Waals surface area contributed by atoms with Gasteiger partial charge >= 0.3 is 0 Å². The van der Waals surface area contributed by atoms with Crippen molar-refractivity contribution in [1.82, 2.24) is 21.3 Å². The molecule has 10 heteroatoms. The summed E-state index contributed by atoms with van der Waals surface area (Å²) in [6.07, 6.45) is 0. The van der Waals surface area contributed by atoms with E-state index in [0.29, 0.717) is 39.5 Å². The van der Waals surface area contributed by atoms with Crippen molar-refractivity contribution in [3.8, 4) is 0 Å². The number of nitrogens with one attached hydrogen (secondary N) is 4. The number of hydrogen-bond donors (Lipinski definition) is 4. The van der Waals surface area contributed by atoms with Crippen molar-refractivity contribution < 1.29 is 28.5 Å². The van der Waals surface area contributed by atoms with Crippen LogP contribution in [0.5, 0.6) is 0 Å². The predicted molar refractivity (Wildman–Crippen MR) is 121 cm³/mol. The fourth-order valence-corrected chi connectivity index (χ4v) is 3.56. The largest absolute Gasteiger partial charge is 0.377 e. The Kier molecular flexibility index (Phi) is 9.45. The Hall–Kier alpha value is -1.30. The topological polar surface area (TPSA) is 119 Å². The van der Waals surface area contributed by atoms with E-state index in [2.05, 4.69) is 21.3 Å². The molecule has 4 N–H and O–H groups in total. The normalized spacial score (nSPS) is 33.9. The van der Waals surface area contributed by atoms with E-state index in [1.165, 1.54) is 0 Å². The van der Waals surface area contributed by atoms with Gasteiger partial charge in [0, 0.05) is 37.3 Å². The second kappa shape index (κ2) is 11.2. The van der Waals surface area contributed by atoms with E-state index >= 15 is 0 Å². The highest BCUT2D eigenvalue weighted by Gasteiger charge is 2.41. The Balaban J connectivity index is 2.34. The van der Waals surface area contributed by atoms with Crippen LogP contribution in [0.1, 0.15) is 41.5 Å². The first-order valence-corrected chi connectivity index (χ1v) is 11.4. The first-order valence-electron chi connectivity index (χ1n) is 11.4. The van der Waals surface area contributed by atoms with Gasteiger partial charge in [-0.3, -0.25) is 9.59 Å². The highest BCUT2D eigenvalue weighted by Crippen LogP contribution is 2.17. The van der Waals surface area contributed by atoms with Crippen molar-refractivity contribution in [2.45, 2.75) is 63.8 Å². The maximum atomic E-state index is 13.2. The van der Waals surface area contributed by atoms with Gasteiger partial charge in [-0.15, -0.1) is 0 Å². The molecule has 3 rings (SSSR count). The molecule has 2 atom stereocenters. The fourth-order valence-electron chi connectivity index (χ4n) is 3.56. The van der Waals surface area contributed by atoms with E-state index in [-0.39, 0.29) is 38.1 Å². The third-order valence-electron chi connectivity index (χ3n) is 5.59. The molecule has 0 aliphatic carbocycles. The van der Waals surface area contributed by atoms with E-state index in [4.69, 9.17) is 18.9 Å². The Morgan fingerprint density at radius 2 is 0.906 bits per heavy atom. The number of amides is 2. The molecule has 3 aliphatic heterocycles. The minimum Gasteiger partial charge on any atom is -0.377 e. The Labute approximate surface area is 191 Å². The zero-order chi connectivity index (χ0) is 23.9. The van der Waals surface area contributed by atoms with Gasteiger partial charge in [0.1, 0.15) is 0 Å². The van der Waals surface area contributed by atoms with Crippen LogP contribution in [0, 0.1) is 0 Å². The van der Waals surface area contributed by atoms with Crippen molar-refractivity contribution >= 4 is 11.8 Å². The van der Waals surface area contributed by atoms with Crippen molar-refractivity contribution in [2.24, 2.45) is 0 Å². The molecule has 10 nitrogen and oxygen atoms in total. The highest BCUT2D eigenvalue weighted by atomic mass is 16.6. The Morgan fingerprint density at radius 1 is 0.562 bits per heavy atom. The molecule has 2 unspecified atom stereocenters. The van der Waals surface area contributed by atoms with Crippen molar-refractivity contribution in [2.75, 3.05) is 65.8 Å². The molecule has 0 saturated carbocycles. The lowest BCUT2D eigenvalue weighted by molar-refractivity contribution is -0.152. The molecule has 3 saturated heterocycles. The van der Waals surface area contributed by atoms with Gasteiger partial charge in [-0.2, -0.15) is 0 Å². The predicted octanol–water partition coefficient (Wildman–Crippen LogP) is -0.434. The van der Waals surface area contributed by atoms with Crippen LogP contribution in [0.4, 0.5) is 0 Å². The van der Waals surface area contributed by atoms with Crippen LogP contribution >= 0.6 is 0 Å². The van der Waals surface area contributed by atoms with Crippen LogP contribution in [0.3, 0.4) is 0 Å². The van der Waals surface area contributed by atoms with Crippen LogP contribution < -0.4 is 21.3 Å². The van der Waals surface area contributed by atoms with Crippen LogP contribution in [-0.4, -0.2) is 99.9 Å². The van der Waals surface area contributed by atoms with Crippen LogP contribution in [-0.2, 0) is 28.5 Å². The number of carbonyl (C=O) groups excluding carboxylic acids is 2. The van der Waals surface area contributed by atoms with Crippen LogP contribution in [0.15, 0.2) is 0 Å². The Morgan fingerprint density at radius 3 is 1.28 bits per heavy atom. The van der Waals surface area contributed by atoms with Gasteiger partial charge in [-0.1, -0.05) is 0 Å². The maximum Gasteiger partial charge on any atom is 0.253 e. The summed E-state index contributed by atoms with van der Waals surface area (Å²) in [5, 5.41) is 12.8. The first kappa shape index (κ1) is 26.9. The molecule has 0 spiro atoms. The molecule has 0 aromatic carbocycles. The standard InChI is InChI=1S/C22H42N4O6/c1-19(2)13-23-15-22(6)18(28)26-20(3,4)14-24-16-21(5,17(27)25-19)31-11-9-29-7-8-30-10-12-32-22/h23-24H,7-16H2,1-6H3,(H,25,27)(H,26,28). The zero-order valence-electron chi connectivity index (χ0n) is 20.5. The second-order valence-corrected chi connectivity index (χ2v) is 10.3. The lowest BCUT2D eigenvalue weighted by atomic mass is 9.97. The quantitative estimate of drug-likeness (QED) is 0.361. The molecule has 3 fully saturated rings. The fraction of sp³-hybridized carbons (Fsp3) is 0.909. The molecule has 0 radical (unpaired) electrons. The van der Waals surface area contributed by atoms with Gasteiger partial charge in [0.25, 0.3) is 11.8 Å². The maximum absolute atomic E-state index is 13.2. The summed E-state index contributed by atoms with van der Waals surface area (Å²) in [6, 6.07) is 0. The van der Waals surface area contributed by atoms with Gasteiger partial charge in [-0.25, -0.2) is 0 Å². The molecular weight excluding hydrogens is 416 g/mol. The number of carbonyl (C=O) groups is 2. The average Bonchev–Trinajstić information content (AvgIpc) is 2.67. The van der Waals surface area contributed by atoms with Gasteiger partial charge in [-0.05, 0) is 41.5 Å². The molecule has 3 aliphatic rings. The molecule has 2 bridgehead atoms. The zero-order valence-corrected chi connectivity index (χ0v) is 20.5. The summed E-state index contributed by atoms with van der Waals surface area (Å²) in [4.78, 5) is 26.5. The number of hydrogen-bond acceptors (Lipinski definition) is 8. The van der Waals surface area contributed by atoms with Crippen molar-refractivity contribution in [3.63, 3.8) is 0 Å². The van der Waals surface area contributed by atoms with Crippen molar-refractivity contribution in [1.29, 1.82) is 0 Å². The summed E-state index contributed by atoms with van der Waals surface area (Å²) in [5.41, 5.74) is -3.37. The second-order valence-electron chi connectivity index (χ2n) is 10.3. The molecule has 186 valence electrons. The van der Waals surface area contributed by atoms with Crippen LogP contribution in [0.25, 0.3) is 0 Å². The summed E-state index contributed by atoms with van der Waals surface area (Å²) < 4.78 is 23.1. The van der Waals surface area contributed by atoms with Gasteiger partial charge in [0.05, 0.1) is 39.6 Å². The average molecular weight is 459 g/mol. The summed E-state index contributed by atoms with van der Waals surface area (Å²) in [7, 11) is 0. The molecule has 0 aromatic rings. The molecule has 3 heterocycles. The molecular formula is C22H42N4O6. The summed E-state index contributed by atoms with van der Waals surface area (Å²) in [5.74, 6) is -0.418. The number of rotatable bonds is 0. The van der Waals surface area contributed by atoms with E-state index in [9.17, 15) is 9.59 Å². The van der Waals surface area contributed by atoms with Crippen LogP contribution in [0.2, 0.25) is 0 Å². The van der Waals surface area contributed by atoms with Gasteiger partial charge in [0.15, 0.2) is 11.2 Å².